The molecule has 3 aromatic rings. The summed E-state index contributed by atoms with van der Waals surface area (Å²) in [5.41, 5.74) is 2.58. The van der Waals surface area contributed by atoms with Crippen LogP contribution in [0.5, 0.6) is 11.6 Å². The van der Waals surface area contributed by atoms with Crippen LogP contribution in [0.25, 0.3) is 11.1 Å². The van der Waals surface area contributed by atoms with E-state index >= 15 is 0 Å². The first-order valence-corrected chi connectivity index (χ1v) is 10.3. The Kier molecular flexibility index (Phi) is 5.72. The summed E-state index contributed by atoms with van der Waals surface area (Å²) < 4.78 is 13.9. The molecule has 1 aromatic carbocycles. The average Bonchev–Trinajstić information content (AvgIpc) is 2.70. The molecule has 1 aliphatic heterocycles. The van der Waals surface area contributed by atoms with Gasteiger partial charge in [-0.1, -0.05) is 6.07 Å². The molecular weight excluding hydrogens is 469 g/mol. The molecule has 28 heavy (non-hydrogen) atoms. The van der Waals surface area contributed by atoms with Crippen molar-refractivity contribution in [2.24, 2.45) is 0 Å². The van der Waals surface area contributed by atoms with Gasteiger partial charge in [0, 0.05) is 24.4 Å². The Labute approximate surface area is 176 Å². The van der Waals surface area contributed by atoms with Crippen LogP contribution in [0.15, 0.2) is 53.6 Å². The van der Waals surface area contributed by atoms with Crippen molar-refractivity contribution in [3.63, 3.8) is 0 Å². The van der Waals surface area contributed by atoms with Gasteiger partial charge in [0.1, 0.15) is 5.75 Å². The van der Waals surface area contributed by atoms with Crippen LogP contribution in [0.4, 0.5) is 0 Å². The molecule has 1 unspecified atom stereocenters. The number of halogens is 1. The Hall–Kier alpha value is -2.26. The second-order valence-corrected chi connectivity index (χ2v) is 7.88. The Balaban J connectivity index is 1.58. The van der Waals surface area contributed by atoms with Gasteiger partial charge in [0.15, 0.2) is 6.23 Å². The predicted molar refractivity (Wildman–Crippen MR) is 115 cm³/mol. The number of pyridine rings is 1. The third kappa shape index (κ3) is 4.10. The maximum atomic E-state index is 12.6. The van der Waals surface area contributed by atoms with Gasteiger partial charge in [-0.05, 0) is 84.2 Å². The summed E-state index contributed by atoms with van der Waals surface area (Å²) in [5.74, 6) is 1.28. The average molecular weight is 489 g/mol. The molecule has 0 spiro atoms. The molecule has 6 nitrogen and oxygen atoms in total. The van der Waals surface area contributed by atoms with Crippen LogP contribution in [0.2, 0.25) is 0 Å². The molecule has 7 heteroatoms. The minimum Gasteiger partial charge on any atom is -0.438 e. The van der Waals surface area contributed by atoms with Gasteiger partial charge >= 0.3 is 0 Å². The quantitative estimate of drug-likeness (QED) is 0.497. The maximum Gasteiger partial charge on any atom is 0.269 e. The fourth-order valence-corrected chi connectivity index (χ4v) is 3.74. The van der Waals surface area contributed by atoms with Crippen LogP contribution in [-0.4, -0.2) is 21.4 Å². The van der Waals surface area contributed by atoms with Gasteiger partial charge in [-0.25, -0.2) is 9.67 Å². The van der Waals surface area contributed by atoms with Crippen molar-refractivity contribution in [1.29, 1.82) is 0 Å². The highest BCUT2D eigenvalue weighted by molar-refractivity contribution is 14.1. The number of benzene rings is 1. The minimum absolute atomic E-state index is 0.146. The maximum absolute atomic E-state index is 12.6. The van der Waals surface area contributed by atoms with Crippen LogP contribution in [0, 0.1) is 10.5 Å². The molecule has 0 bridgehead atoms. The number of ether oxygens (including phenoxy) is 2. The summed E-state index contributed by atoms with van der Waals surface area (Å²) in [6.07, 6.45) is 6.08. The monoisotopic (exact) mass is 489 g/mol. The van der Waals surface area contributed by atoms with Crippen molar-refractivity contribution >= 4 is 22.6 Å². The molecule has 1 saturated heterocycles. The highest BCUT2D eigenvalue weighted by Crippen LogP contribution is 2.30. The van der Waals surface area contributed by atoms with Crippen LogP contribution in [0.3, 0.4) is 0 Å². The number of hydrogen-bond donors (Lipinski definition) is 0. The van der Waals surface area contributed by atoms with Gasteiger partial charge in [0.2, 0.25) is 5.88 Å². The molecule has 0 radical (unpaired) electrons. The second-order valence-electron chi connectivity index (χ2n) is 6.72. The zero-order chi connectivity index (χ0) is 19.5. The smallest absolute Gasteiger partial charge is 0.269 e. The van der Waals surface area contributed by atoms with E-state index < -0.39 is 0 Å². The van der Waals surface area contributed by atoms with Gasteiger partial charge < -0.3 is 9.47 Å². The number of aryl methyl sites for hydroxylation is 1. The van der Waals surface area contributed by atoms with Gasteiger partial charge in [-0.15, -0.1) is 0 Å². The molecule has 2 aromatic heterocycles. The van der Waals surface area contributed by atoms with Crippen molar-refractivity contribution in [2.75, 3.05) is 6.61 Å². The number of rotatable bonds is 4. The largest absolute Gasteiger partial charge is 0.438 e. The van der Waals surface area contributed by atoms with Crippen LogP contribution in [-0.2, 0) is 4.74 Å². The lowest BCUT2D eigenvalue weighted by Crippen LogP contribution is -2.30. The summed E-state index contributed by atoms with van der Waals surface area (Å²) >= 11 is 2.19. The van der Waals surface area contributed by atoms with E-state index in [1.807, 2.05) is 37.3 Å². The third-order valence-electron chi connectivity index (χ3n) is 4.70. The van der Waals surface area contributed by atoms with Crippen molar-refractivity contribution in [2.45, 2.75) is 32.4 Å². The first kappa shape index (κ1) is 19.1. The van der Waals surface area contributed by atoms with E-state index in [9.17, 15) is 4.79 Å². The van der Waals surface area contributed by atoms with Gasteiger partial charge in [0.25, 0.3) is 5.56 Å². The zero-order valence-electron chi connectivity index (χ0n) is 15.5. The SMILES string of the molecule is Cc1cc(Oc2ncccc2I)ccc1-c1cnn(C2CCCCO2)c(=O)c1. The minimum atomic E-state index is -0.256. The fraction of sp³-hybridized carbons (Fsp3) is 0.286. The summed E-state index contributed by atoms with van der Waals surface area (Å²) in [4.78, 5) is 16.8. The number of aromatic nitrogens is 3. The predicted octanol–water partition coefficient (Wildman–Crippen LogP) is 4.71. The fourth-order valence-electron chi connectivity index (χ4n) is 3.28. The Morgan fingerprint density at radius 3 is 2.86 bits per heavy atom. The van der Waals surface area contributed by atoms with E-state index in [2.05, 4.69) is 32.7 Å². The molecule has 144 valence electrons. The highest BCUT2D eigenvalue weighted by Gasteiger charge is 2.18. The van der Waals surface area contributed by atoms with Crippen LogP contribution in [0.1, 0.15) is 31.1 Å². The summed E-state index contributed by atoms with van der Waals surface area (Å²) in [6, 6.07) is 11.2. The lowest BCUT2D eigenvalue weighted by atomic mass is 10.0. The van der Waals surface area contributed by atoms with Crippen LogP contribution >= 0.6 is 22.6 Å². The van der Waals surface area contributed by atoms with Crippen molar-refractivity contribution in [3.05, 3.63) is 68.3 Å². The van der Waals surface area contributed by atoms with Gasteiger partial charge in [-0.3, -0.25) is 4.79 Å². The second kappa shape index (κ2) is 8.40. The van der Waals surface area contributed by atoms with E-state index in [0.29, 0.717) is 18.2 Å². The molecule has 1 fully saturated rings. The number of hydrogen-bond acceptors (Lipinski definition) is 5. The lowest BCUT2D eigenvalue weighted by Gasteiger charge is -2.23. The Morgan fingerprint density at radius 2 is 2.14 bits per heavy atom. The first-order valence-electron chi connectivity index (χ1n) is 9.22. The van der Waals surface area contributed by atoms with E-state index in [1.54, 1.807) is 18.5 Å². The first-order chi connectivity index (χ1) is 13.6. The molecule has 0 N–H and O–H groups in total. The normalized spacial score (nSPS) is 16.7. The third-order valence-corrected chi connectivity index (χ3v) is 5.52. The molecule has 0 amide bonds. The van der Waals surface area contributed by atoms with Crippen molar-refractivity contribution < 1.29 is 9.47 Å². The lowest BCUT2D eigenvalue weighted by molar-refractivity contribution is -0.0424. The van der Waals surface area contributed by atoms with E-state index in [1.165, 1.54) is 4.68 Å². The summed E-state index contributed by atoms with van der Waals surface area (Å²) in [5, 5.41) is 4.36. The molecular formula is C21H20IN3O3. The molecule has 3 heterocycles. The summed E-state index contributed by atoms with van der Waals surface area (Å²) in [7, 11) is 0. The van der Waals surface area contributed by atoms with Crippen molar-refractivity contribution in [1.82, 2.24) is 14.8 Å². The zero-order valence-corrected chi connectivity index (χ0v) is 17.6. The Morgan fingerprint density at radius 1 is 1.25 bits per heavy atom. The molecule has 0 saturated carbocycles. The standard InChI is InChI=1S/C21H20IN3O3/c1-14-11-16(28-21-18(22)5-4-9-23-21)7-8-17(14)15-12-19(26)25(24-13-15)20-6-2-3-10-27-20/h4-5,7-9,11-13,20H,2-3,6,10H2,1H3. The topological polar surface area (TPSA) is 66.2 Å². The van der Waals surface area contributed by atoms with Gasteiger partial charge in [0.05, 0.1) is 9.77 Å². The van der Waals surface area contributed by atoms with Crippen LogP contribution < -0.4 is 10.3 Å². The highest BCUT2D eigenvalue weighted by atomic mass is 127. The van der Waals surface area contributed by atoms with E-state index in [-0.39, 0.29) is 11.8 Å². The molecule has 1 aliphatic rings. The Bertz CT molecular complexity index is 1050. The molecule has 0 aliphatic carbocycles. The van der Waals surface area contributed by atoms with Crippen molar-refractivity contribution in [3.8, 4) is 22.8 Å². The van der Waals surface area contributed by atoms with E-state index in [4.69, 9.17) is 9.47 Å². The van der Waals surface area contributed by atoms with Gasteiger partial charge in [-0.2, -0.15) is 5.10 Å². The molecule has 4 rings (SSSR count). The summed E-state index contributed by atoms with van der Waals surface area (Å²) in [6.45, 7) is 2.66. The van der Waals surface area contributed by atoms with E-state index in [0.717, 1.165) is 39.5 Å². The molecule has 1 atom stereocenters. The number of nitrogens with zero attached hydrogens (tertiary/aromatic N) is 3.